The molecule has 5 nitrogen and oxygen atoms in total. The second kappa shape index (κ2) is 7.56. The number of hydrogen-bond acceptors (Lipinski definition) is 4. The van der Waals surface area contributed by atoms with Crippen LogP contribution in [0.1, 0.15) is 18.4 Å². The Kier molecular flexibility index (Phi) is 5.76. The van der Waals surface area contributed by atoms with Crippen LogP contribution in [0.5, 0.6) is 0 Å². The van der Waals surface area contributed by atoms with E-state index in [1.54, 1.807) is 6.07 Å². The number of anilines is 2. The van der Waals surface area contributed by atoms with Gasteiger partial charge in [0.05, 0.1) is 0 Å². The van der Waals surface area contributed by atoms with Crippen molar-refractivity contribution in [2.24, 2.45) is 0 Å². The first-order valence-corrected chi connectivity index (χ1v) is 8.77. The summed E-state index contributed by atoms with van der Waals surface area (Å²) >= 11 is 0. The Balaban J connectivity index is 1.71. The zero-order valence-electron chi connectivity index (χ0n) is 12.4. The molecule has 116 valence electrons. The van der Waals surface area contributed by atoms with Crippen molar-refractivity contribution in [3.8, 4) is 0 Å². The molecule has 0 aromatic heterocycles. The van der Waals surface area contributed by atoms with Crippen molar-refractivity contribution in [1.29, 1.82) is 0 Å². The van der Waals surface area contributed by atoms with Crippen molar-refractivity contribution in [3.63, 3.8) is 0 Å². The van der Waals surface area contributed by atoms with Gasteiger partial charge in [0.1, 0.15) is 0 Å². The van der Waals surface area contributed by atoms with Crippen LogP contribution in [0.4, 0.5) is 11.4 Å². The number of carbonyl (C=O) groups excluding carboxylic acids is 1. The lowest BCUT2D eigenvalue weighted by atomic mass is 10.1. The summed E-state index contributed by atoms with van der Waals surface area (Å²) in [4.78, 5) is 14.2. The first-order valence-electron chi connectivity index (χ1n) is 7.28. The van der Waals surface area contributed by atoms with Crippen molar-refractivity contribution in [2.75, 3.05) is 42.2 Å². The molecule has 1 aliphatic rings. The van der Waals surface area contributed by atoms with Crippen LogP contribution in [0.2, 0.25) is 0 Å². The fourth-order valence-electron chi connectivity index (χ4n) is 2.40. The van der Waals surface area contributed by atoms with Gasteiger partial charge in [-0.2, -0.15) is 0 Å². The molecule has 1 aromatic rings. The Hall–Kier alpha value is -1.40. The Morgan fingerprint density at radius 2 is 2.10 bits per heavy atom. The highest BCUT2D eigenvalue weighted by Gasteiger charge is 2.15. The highest BCUT2D eigenvalue weighted by atomic mass is 32.2. The van der Waals surface area contributed by atoms with Crippen molar-refractivity contribution in [1.82, 2.24) is 4.90 Å². The number of carbonyl (C=O) groups is 1. The predicted molar refractivity (Wildman–Crippen MR) is 87.8 cm³/mol. The van der Waals surface area contributed by atoms with Gasteiger partial charge < -0.3 is 16.0 Å². The quantitative estimate of drug-likeness (QED) is 0.805. The van der Waals surface area contributed by atoms with E-state index in [1.807, 2.05) is 19.1 Å². The molecule has 0 spiro atoms. The summed E-state index contributed by atoms with van der Waals surface area (Å²) in [5.41, 5.74) is 8.19. The van der Waals surface area contributed by atoms with Crippen LogP contribution in [0.25, 0.3) is 0 Å². The molecular formula is C15H23N3O2S. The number of nitrogens with one attached hydrogen (secondary N) is 1. The van der Waals surface area contributed by atoms with E-state index in [-0.39, 0.29) is 5.91 Å². The highest BCUT2D eigenvalue weighted by Crippen LogP contribution is 2.17. The number of nitrogen functional groups attached to an aromatic ring is 1. The molecule has 1 heterocycles. The average molecular weight is 309 g/mol. The van der Waals surface area contributed by atoms with E-state index in [0.717, 1.165) is 48.8 Å². The molecule has 6 heteroatoms. The Labute approximate surface area is 128 Å². The van der Waals surface area contributed by atoms with Crippen molar-refractivity contribution < 1.29 is 9.00 Å². The molecule has 1 amide bonds. The van der Waals surface area contributed by atoms with Gasteiger partial charge in [-0.05, 0) is 43.7 Å². The Morgan fingerprint density at radius 3 is 2.76 bits per heavy atom. The molecule has 0 atom stereocenters. The largest absolute Gasteiger partial charge is 0.399 e. The normalized spacial score (nSPS) is 16.8. The first-order chi connectivity index (χ1) is 10.0. The molecule has 2 rings (SSSR count). The van der Waals surface area contributed by atoms with E-state index in [2.05, 4.69) is 10.2 Å². The predicted octanol–water partition coefficient (Wildman–Crippen LogP) is 1.36. The number of nitrogens with two attached hydrogens (primary N) is 1. The lowest BCUT2D eigenvalue weighted by molar-refractivity contribution is -0.116. The van der Waals surface area contributed by atoms with Gasteiger partial charge in [0.25, 0.3) is 0 Å². The maximum atomic E-state index is 11.9. The van der Waals surface area contributed by atoms with Gasteiger partial charge in [0.2, 0.25) is 5.91 Å². The van der Waals surface area contributed by atoms with Gasteiger partial charge in [0, 0.05) is 53.2 Å². The Bertz CT molecular complexity index is 524. The molecule has 0 saturated carbocycles. The van der Waals surface area contributed by atoms with E-state index in [4.69, 9.17) is 5.73 Å². The monoisotopic (exact) mass is 309 g/mol. The number of benzene rings is 1. The molecule has 0 radical (unpaired) electrons. The SMILES string of the molecule is Cc1cc(N)ccc1NC(=O)CCCN1CCS(=O)CC1. The maximum absolute atomic E-state index is 11.9. The van der Waals surface area contributed by atoms with Crippen LogP contribution in [0.3, 0.4) is 0 Å². The summed E-state index contributed by atoms with van der Waals surface area (Å²) in [7, 11) is -0.638. The van der Waals surface area contributed by atoms with E-state index < -0.39 is 10.8 Å². The lowest BCUT2D eigenvalue weighted by Gasteiger charge is -2.25. The summed E-state index contributed by atoms with van der Waals surface area (Å²) in [5.74, 6) is 1.55. The minimum atomic E-state index is -0.638. The van der Waals surface area contributed by atoms with Crippen molar-refractivity contribution in [3.05, 3.63) is 23.8 Å². The first kappa shape index (κ1) is 16.0. The molecule has 1 aromatic carbocycles. The number of aryl methyl sites for hydroxylation is 1. The van der Waals surface area contributed by atoms with Gasteiger partial charge in [-0.25, -0.2) is 0 Å². The molecule has 1 aliphatic heterocycles. The number of nitrogens with zero attached hydrogens (tertiary/aromatic N) is 1. The van der Waals surface area contributed by atoms with Crippen molar-refractivity contribution >= 4 is 28.1 Å². The van der Waals surface area contributed by atoms with Gasteiger partial charge in [-0.3, -0.25) is 9.00 Å². The molecule has 0 aliphatic carbocycles. The molecule has 1 saturated heterocycles. The van der Waals surface area contributed by atoms with Crippen LogP contribution in [0.15, 0.2) is 18.2 Å². The summed E-state index contributed by atoms with van der Waals surface area (Å²) in [6.07, 6.45) is 1.33. The fraction of sp³-hybridized carbons (Fsp3) is 0.533. The van der Waals surface area contributed by atoms with Gasteiger partial charge in [-0.1, -0.05) is 0 Å². The van der Waals surface area contributed by atoms with E-state index in [0.29, 0.717) is 12.1 Å². The third kappa shape index (κ3) is 5.13. The lowest BCUT2D eigenvalue weighted by Crippen LogP contribution is -2.38. The van der Waals surface area contributed by atoms with Crippen molar-refractivity contribution in [2.45, 2.75) is 19.8 Å². The van der Waals surface area contributed by atoms with E-state index in [1.165, 1.54) is 0 Å². The number of rotatable bonds is 5. The molecule has 0 bridgehead atoms. The van der Waals surface area contributed by atoms with Crippen LogP contribution in [-0.4, -0.2) is 46.2 Å². The molecule has 0 unspecified atom stereocenters. The number of hydrogen-bond donors (Lipinski definition) is 2. The minimum Gasteiger partial charge on any atom is -0.399 e. The Morgan fingerprint density at radius 1 is 1.38 bits per heavy atom. The summed E-state index contributed by atoms with van der Waals surface area (Å²) in [6.45, 7) is 4.59. The van der Waals surface area contributed by atoms with Crippen LogP contribution >= 0.6 is 0 Å². The topological polar surface area (TPSA) is 75.4 Å². The molecule has 3 N–H and O–H groups in total. The zero-order chi connectivity index (χ0) is 15.2. The molecule has 1 fully saturated rings. The van der Waals surface area contributed by atoms with Crippen LogP contribution in [-0.2, 0) is 15.6 Å². The van der Waals surface area contributed by atoms with E-state index >= 15 is 0 Å². The number of amides is 1. The van der Waals surface area contributed by atoms with Gasteiger partial charge in [0.15, 0.2) is 0 Å². The third-order valence-corrected chi connectivity index (χ3v) is 4.95. The van der Waals surface area contributed by atoms with Crippen LogP contribution < -0.4 is 11.1 Å². The van der Waals surface area contributed by atoms with E-state index in [9.17, 15) is 9.00 Å². The highest BCUT2D eigenvalue weighted by molar-refractivity contribution is 7.85. The second-order valence-corrected chi connectivity index (χ2v) is 7.11. The zero-order valence-corrected chi connectivity index (χ0v) is 13.2. The summed E-state index contributed by atoms with van der Waals surface area (Å²) in [5, 5.41) is 2.92. The van der Waals surface area contributed by atoms with Gasteiger partial charge in [-0.15, -0.1) is 0 Å². The standard InChI is InChI=1S/C15H23N3O2S/c1-12-11-13(16)4-5-14(12)17-15(19)3-2-6-18-7-9-21(20)10-8-18/h4-5,11H,2-3,6-10,16H2,1H3,(H,17,19). The average Bonchev–Trinajstić information content (AvgIpc) is 2.44. The third-order valence-electron chi connectivity index (χ3n) is 3.67. The van der Waals surface area contributed by atoms with Crippen LogP contribution in [0, 0.1) is 6.92 Å². The summed E-state index contributed by atoms with van der Waals surface area (Å²) < 4.78 is 11.3. The molecule has 21 heavy (non-hydrogen) atoms. The summed E-state index contributed by atoms with van der Waals surface area (Å²) in [6, 6.07) is 5.47. The van der Waals surface area contributed by atoms with Gasteiger partial charge >= 0.3 is 0 Å². The maximum Gasteiger partial charge on any atom is 0.224 e. The fourth-order valence-corrected chi connectivity index (χ4v) is 3.53. The second-order valence-electron chi connectivity index (χ2n) is 5.42. The minimum absolute atomic E-state index is 0.0310. The molecular weight excluding hydrogens is 286 g/mol. The smallest absolute Gasteiger partial charge is 0.224 e.